The number of benzene rings is 1. The summed E-state index contributed by atoms with van der Waals surface area (Å²) in [5.41, 5.74) is 0.294. The lowest BCUT2D eigenvalue weighted by Gasteiger charge is -2.01. The Morgan fingerprint density at radius 3 is 2.53 bits per heavy atom. The highest BCUT2D eigenvalue weighted by molar-refractivity contribution is 5.63. The molecule has 0 amide bonds. The second-order valence-corrected chi connectivity index (χ2v) is 2.80. The number of aliphatic hydroxyl groups excluding tert-OH is 1. The van der Waals surface area contributed by atoms with E-state index in [2.05, 4.69) is 0 Å². The number of rotatable bonds is 2. The Bertz CT molecular complexity index is 466. The van der Waals surface area contributed by atoms with Crippen molar-refractivity contribution in [2.45, 2.75) is 6.10 Å². The summed E-state index contributed by atoms with van der Waals surface area (Å²) >= 11 is 0. The van der Waals surface area contributed by atoms with Crippen LogP contribution < -0.4 is 0 Å². The van der Waals surface area contributed by atoms with Crippen LogP contribution in [0.2, 0.25) is 0 Å². The predicted octanol–water partition coefficient (Wildman–Crippen LogP) is 1.18. The van der Waals surface area contributed by atoms with Gasteiger partial charge in [0.15, 0.2) is 6.10 Å². The van der Waals surface area contributed by atoms with E-state index < -0.39 is 6.10 Å². The molecule has 0 aliphatic heterocycles. The van der Waals surface area contributed by atoms with E-state index in [1.54, 1.807) is 24.3 Å². The lowest BCUT2D eigenvalue weighted by molar-refractivity contribution is 0.271. The highest BCUT2D eigenvalue weighted by atomic mass is 16.3. The zero-order chi connectivity index (χ0) is 11.3. The summed E-state index contributed by atoms with van der Waals surface area (Å²) in [7, 11) is 0. The third kappa shape index (κ3) is 2.57. The van der Waals surface area contributed by atoms with Crippen LogP contribution in [0.1, 0.15) is 5.56 Å². The molecule has 0 radical (unpaired) electrons. The summed E-state index contributed by atoms with van der Waals surface area (Å²) in [6, 6.07) is 9.60. The first-order chi connectivity index (χ1) is 7.19. The third-order valence-electron chi connectivity index (χ3n) is 1.79. The van der Waals surface area contributed by atoms with E-state index in [1.165, 1.54) is 18.2 Å². The molecule has 1 unspecified atom stereocenters. The lowest BCUT2D eigenvalue weighted by Crippen LogP contribution is -2.04. The molecule has 0 aromatic heterocycles. The van der Waals surface area contributed by atoms with Crippen LogP contribution in [0.4, 0.5) is 0 Å². The van der Waals surface area contributed by atoms with Gasteiger partial charge in [-0.3, -0.25) is 0 Å². The van der Waals surface area contributed by atoms with Crippen LogP contribution in [0.15, 0.2) is 29.8 Å². The lowest BCUT2D eigenvalue weighted by atomic mass is 10.1. The van der Waals surface area contributed by atoms with Crippen LogP contribution in [-0.2, 0) is 0 Å². The maximum Gasteiger partial charge on any atom is 0.175 e. The Morgan fingerprint density at radius 1 is 1.33 bits per heavy atom. The molecule has 0 saturated carbocycles. The normalized spacial score (nSPS) is 12.6. The molecule has 74 valence electrons. The number of hydrogen-bond acceptors (Lipinski definition) is 4. The third-order valence-corrected chi connectivity index (χ3v) is 1.79. The van der Waals surface area contributed by atoms with E-state index in [0.717, 1.165) is 0 Å². The second-order valence-electron chi connectivity index (χ2n) is 2.80. The van der Waals surface area contributed by atoms with Crippen LogP contribution in [0.3, 0.4) is 0 Å². The van der Waals surface area contributed by atoms with Gasteiger partial charge in [-0.25, -0.2) is 0 Å². The first kappa shape index (κ1) is 10.8. The van der Waals surface area contributed by atoms with Gasteiger partial charge in [-0.15, -0.1) is 0 Å². The molecule has 4 nitrogen and oxygen atoms in total. The van der Waals surface area contributed by atoms with Crippen molar-refractivity contribution in [3.05, 3.63) is 35.4 Å². The Labute approximate surface area is 86.9 Å². The summed E-state index contributed by atoms with van der Waals surface area (Å²) in [6.07, 6.45) is -0.182. The fraction of sp³-hybridized carbons (Fsp3) is 0.0909. The van der Waals surface area contributed by atoms with E-state index >= 15 is 0 Å². The first-order valence-corrected chi connectivity index (χ1v) is 4.16. The molecule has 0 aliphatic carbocycles. The first-order valence-electron chi connectivity index (χ1n) is 4.16. The van der Waals surface area contributed by atoms with E-state index in [9.17, 15) is 5.11 Å². The van der Waals surface area contributed by atoms with Crippen molar-refractivity contribution in [3.63, 3.8) is 0 Å². The number of para-hydroxylation sites is 1. The molecule has 0 saturated heterocycles. The van der Waals surface area contributed by atoms with Gasteiger partial charge < -0.3 is 10.2 Å². The molecule has 4 heteroatoms. The largest absolute Gasteiger partial charge is 0.507 e. The molecule has 0 heterocycles. The molecule has 1 rings (SSSR count). The number of nitriles is 2. The van der Waals surface area contributed by atoms with Crippen molar-refractivity contribution < 1.29 is 10.2 Å². The minimum absolute atomic E-state index is 0.00427. The standard InChI is InChI=1S/C11H8N2O2/c12-6-9(11(15)7-13)5-8-3-1-2-4-10(8)14/h1-5,11,14-15H/b9-5-. The fourth-order valence-corrected chi connectivity index (χ4v) is 1.02. The van der Waals surface area contributed by atoms with Crippen LogP contribution in [0, 0.1) is 22.7 Å². The highest BCUT2D eigenvalue weighted by Crippen LogP contribution is 2.19. The van der Waals surface area contributed by atoms with Gasteiger partial charge in [0.1, 0.15) is 5.75 Å². The van der Waals surface area contributed by atoms with Crippen molar-refractivity contribution in [2.75, 3.05) is 0 Å². The van der Waals surface area contributed by atoms with Gasteiger partial charge in [-0.05, 0) is 12.1 Å². The van der Waals surface area contributed by atoms with Crippen molar-refractivity contribution >= 4 is 6.08 Å². The molecular weight excluding hydrogens is 192 g/mol. The minimum Gasteiger partial charge on any atom is -0.507 e. The molecule has 1 aromatic rings. The molecule has 0 aliphatic rings. The zero-order valence-electron chi connectivity index (χ0n) is 7.75. The summed E-state index contributed by atoms with van der Waals surface area (Å²) < 4.78 is 0. The van der Waals surface area contributed by atoms with E-state index in [-0.39, 0.29) is 11.3 Å². The number of aliphatic hydroxyl groups is 1. The summed E-state index contributed by atoms with van der Waals surface area (Å²) in [6.45, 7) is 0. The smallest absolute Gasteiger partial charge is 0.175 e. The van der Waals surface area contributed by atoms with Crippen molar-refractivity contribution in [3.8, 4) is 17.9 Å². The Morgan fingerprint density at radius 2 is 2.00 bits per heavy atom. The average Bonchev–Trinajstić information content (AvgIpc) is 2.27. The Hall–Kier alpha value is -2.30. The van der Waals surface area contributed by atoms with Crippen molar-refractivity contribution in [2.24, 2.45) is 0 Å². The van der Waals surface area contributed by atoms with Crippen LogP contribution in [0.5, 0.6) is 5.75 Å². The fourth-order valence-electron chi connectivity index (χ4n) is 1.02. The van der Waals surface area contributed by atoms with Gasteiger partial charge in [0.05, 0.1) is 17.7 Å². The maximum atomic E-state index is 9.39. The van der Waals surface area contributed by atoms with Crippen molar-refractivity contribution in [1.82, 2.24) is 0 Å². The summed E-state index contributed by atoms with van der Waals surface area (Å²) in [4.78, 5) is 0. The Balaban J connectivity index is 3.12. The van der Waals surface area contributed by atoms with E-state index in [0.29, 0.717) is 5.56 Å². The van der Waals surface area contributed by atoms with Gasteiger partial charge >= 0.3 is 0 Å². The molecule has 15 heavy (non-hydrogen) atoms. The van der Waals surface area contributed by atoms with Gasteiger partial charge in [0.25, 0.3) is 0 Å². The number of aromatic hydroxyl groups is 1. The molecule has 0 fully saturated rings. The summed E-state index contributed by atoms with van der Waals surface area (Å²) in [5, 5.41) is 35.6. The highest BCUT2D eigenvalue weighted by Gasteiger charge is 2.09. The number of hydrogen-bond donors (Lipinski definition) is 2. The number of nitrogens with zero attached hydrogens (tertiary/aromatic N) is 2. The molecular formula is C11H8N2O2. The average molecular weight is 200 g/mol. The predicted molar refractivity (Wildman–Crippen MR) is 53.3 cm³/mol. The van der Waals surface area contributed by atoms with Gasteiger partial charge in [-0.2, -0.15) is 10.5 Å². The van der Waals surface area contributed by atoms with Gasteiger partial charge in [0.2, 0.25) is 0 Å². The van der Waals surface area contributed by atoms with Gasteiger partial charge in [0, 0.05) is 5.56 Å². The molecule has 0 bridgehead atoms. The number of phenols is 1. The molecule has 2 N–H and O–H groups in total. The van der Waals surface area contributed by atoms with Crippen LogP contribution >= 0.6 is 0 Å². The Kier molecular flexibility index (Phi) is 3.45. The maximum absolute atomic E-state index is 9.39. The van der Waals surface area contributed by atoms with E-state index in [4.69, 9.17) is 15.6 Å². The SMILES string of the molecule is N#C/C(=C/c1ccccc1O)C(O)C#N. The molecule has 0 spiro atoms. The monoisotopic (exact) mass is 200 g/mol. The van der Waals surface area contributed by atoms with Crippen molar-refractivity contribution in [1.29, 1.82) is 10.5 Å². The summed E-state index contributed by atoms with van der Waals surface area (Å²) in [5.74, 6) is -0.00427. The molecule has 1 aromatic carbocycles. The number of phenolic OH excluding ortho intramolecular Hbond substituents is 1. The van der Waals surface area contributed by atoms with Gasteiger partial charge in [-0.1, -0.05) is 18.2 Å². The second kappa shape index (κ2) is 4.80. The van der Waals surface area contributed by atoms with Crippen LogP contribution in [0.25, 0.3) is 6.08 Å². The quantitative estimate of drug-likeness (QED) is 0.554. The topological polar surface area (TPSA) is 88.0 Å². The minimum atomic E-state index is -1.46. The zero-order valence-corrected chi connectivity index (χ0v) is 7.75. The van der Waals surface area contributed by atoms with E-state index in [1.807, 2.05) is 0 Å². The van der Waals surface area contributed by atoms with Crippen LogP contribution in [-0.4, -0.2) is 16.3 Å². The molecule has 1 atom stereocenters.